The van der Waals surface area contributed by atoms with E-state index in [9.17, 15) is 4.79 Å². The first-order valence-corrected chi connectivity index (χ1v) is 7.39. The van der Waals surface area contributed by atoms with Gasteiger partial charge in [-0.3, -0.25) is 4.98 Å². The maximum atomic E-state index is 10.9. The lowest BCUT2D eigenvalue weighted by Gasteiger charge is -2.06. The van der Waals surface area contributed by atoms with Crippen LogP contribution in [0.15, 0.2) is 55.0 Å². The van der Waals surface area contributed by atoms with Crippen molar-refractivity contribution < 1.29 is 9.90 Å². The van der Waals surface area contributed by atoms with Gasteiger partial charge in [-0.1, -0.05) is 26.0 Å². The van der Waals surface area contributed by atoms with Crippen molar-refractivity contribution in [3.8, 4) is 16.9 Å². The number of hydrogen-bond donors (Lipinski definition) is 1. The fourth-order valence-corrected chi connectivity index (χ4v) is 2.30. The molecular weight excluding hydrogens is 290 g/mol. The van der Waals surface area contributed by atoms with Crippen molar-refractivity contribution in [2.75, 3.05) is 0 Å². The monoisotopic (exact) mass is 307 g/mol. The minimum Gasteiger partial charge on any atom is -0.478 e. The molecule has 1 N–H and O–H groups in total. The molecule has 0 aliphatic rings. The number of carboxylic acids is 1. The normalized spacial score (nSPS) is 10.9. The Kier molecular flexibility index (Phi) is 3.93. The highest BCUT2D eigenvalue weighted by molar-refractivity contribution is 5.87. The van der Waals surface area contributed by atoms with Gasteiger partial charge in [-0.25, -0.2) is 9.48 Å². The van der Waals surface area contributed by atoms with E-state index in [0.29, 0.717) is 11.6 Å². The number of aromatic carboxylic acids is 1. The predicted octanol–water partition coefficient (Wildman–Crippen LogP) is 3.76. The Balaban J connectivity index is 1.86. The number of benzene rings is 1. The molecule has 0 amide bonds. The molecule has 2 heterocycles. The Labute approximate surface area is 134 Å². The van der Waals surface area contributed by atoms with E-state index in [2.05, 4.69) is 36.1 Å². The largest absolute Gasteiger partial charge is 0.478 e. The van der Waals surface area contributed by atoms with Crippen LogP contribution in [0.1, 0.15) is 35.7 Å². The number of hydrogen-bond acceptors (Lipinski definition) is 3. The molecule has 0 aliphatic carbocycles. The molecule has 0 saturated carbocycles. The summed E-state index contributed by atoms with van der Waals surface area (Å²) in [7, 11) is 0. The van der Waals surface area contributed by atoms with E-state index in [-0.39, 0.29) is 5.56 Å². The summed E-state index contributed by atoms with van der Waals surface area (Å²) in [6, 6.07) is 11.5. The van der Waals surface area contributed by atoms with Crippen molar-refractivity contribution in [2.45, 2.75) is 19.8 Å². The molecular formula is C18H17N3O2. The Morgan fingerprint density at radius 2 is 1.83 bits per heavy atom. The highest BCUT2D eigenvalue weighted by Gasteiger charge is 2.08. The van der Waals surface area contributed by atoms with E-state index in [1.165, 1.54) is 11.8 Å². The van der Waals surface area contributed by atoms with Gasteiger partial charge in [0.25, 0.3) is 0 Å². The molecule has 3 aromatic rings. The summed E-state index contributed by atoms with van der Waals surface area (Å²) < 4.78 is 1.78. The molecule has 5 nitrogen and oxygen atoms in total. The molecule has 1 aromatic carbocycles. The molecule has 0 aliphatic heterocycles. The van der Waals surface area contributed by atoms with Gasteiger partial charge < -0.3 is 5.11 Å². The second-order valence-corrected chi connectivity index (χ2v) is 5.66. The van der Waals surface area contributed by atoms with Crippen LogP contribution in [0.25, 0.3) is 16.9 Å². The number of carboxylic acid groups (broad SMARTS) is 1. The summed E-state index contributed by atoms with van der Waals surface area (Å²) in [4.78, 5) is 15.0. The molecule has 0 saturated heterocycles. The second-order valence-electron chi connectivity index (χ2n) is 5.66. The standard InChI is InChI=1S/C18H17N3O2/c1-12(2)13-3-6-16(7-4-13)21-11-15(10-20-21)17-8-5-14(9-19-17)18(22)23/h3-12H,1-2H3,(H,22,23). The van der Waals surface area contributed by atoms with Gasteiger partial charge in [-0.05, 0) is 35.7 Å². The van der Waals surface area contributed by atoms with Crippen molar-refractivity contribution in [1.82, 2.24) is 14.8 Å². The fraction of sp³-hybridized carbons (Fsp3) is 0.167. The summed E-state index contributed by atoms with van der Waals surface area (Å²) in [5, 5.41) is 13.3. The fourth-order valence-electron chi connectivity index (χ4n) is 2.30. The molecule has 5 heteroatoms. The summed E-state index contributed by atoms with van der Waals surface area (Å²) in [6.07, 6.45) is 4.96. The molecule has 0 bridgehead atoms. The lowest BCUT2D eigenvalue weighted by atomic mass is 10.0. The number of aromatic nitrogens is 3. The molecule has 2 aromatic heterocycles. The summed E-state index contributed by atoms with van der Waals surface area (Å²) in [6.45, 7) is 4.32. The molecule has 0 atom stereocenters. The van der Waals surface area contributed by atoms with Crippen LogP contribution in [0, 0.1) is 0 Å². The highest BCUT2D eigenvalue weighted by atomic mass is 16.4. The van der Waals surface area contributed by atoms with Gasteiger partial charge in [-0.2, -0.15) is 5.10 Å². The minimum atomic E-state index is -0.981. The van der Waals surface area contributed by atoms with E-state index in [1.807, 2.05) is 18.3 Å². The van der Waals surface area contributed by atoms with E-state index < -0.39 is 5.97 Å². The average Bonchev–Trinajstić information content (AvgIpc) is 3.05. The summed E-state index contributed by atoms with van der Waals surface area (Å²) >= 11 is 0. The average molecular weight is 307 g/mol. The summed E-state index contributed by atoms with van der Waals surface area (Å²) in [5.41, 5.74) is 3.97. The van der Waals surface area contributed by atoms with Crippen molar-refractivity contribution >= 4 is 5.97 Å². The Hall–Kier alpha value is -2.95. The zero-order valence-corrected chi connectivity index (χ0v) is 13.0. The molecule has 0 radical (unpaired) electrons. The number of rotatable bonds is 4. The van der Waals surface area contributed by atoms with Gasteiger partial charge in [0.1, 0.15) is 0 Å². The smallest absolute Gasteiger partial charge is 0.337 e. The Morgan fingerprint density at radius 1 is 1.09 bits per heavy atom. The van der Waals surface area contributed by atoms with Crippen LogP contribution < -0.4 is 0 Å². The van der Waals surface area contributed by atoms with Crippen LogP contribution in [0.4, 0.5) is 0 Å². The van der Waals surface area contributed by atoms with Crippen LogP contribution in [-0.4, -0.2) is 25.8 Å². The van der Waals surface area contributed by atoms with Gasteiger partial charge >= 0.3 is 5.97 Å². The van der Waals surface area contributed by atoms with Crippen molar-refractivity contribution in [3.63, 3.8) is 0 Å². The van der Waals surface area contributed by atoms with Crippen LogP contribution >= 0.6 is 0 Å². The number of carbonyl (C=O) groups is 1. The maximum Gasteiger partial charge on any atom is 0.337 e. The third-order valence-corrected chi connectivity index (χ3v) is 3.71. The first kappa shape index (κ1) is 15.0. The number of nitrogens with zero attached hydrogens (tertiary/aromatic N) is 3. The molecule has 0 unspecified atom stereocenters. The molecule has 0 fully saturated rings. The quantitative estimate of drug-likeness (QED) is 0.797. The first-order valence-electron chi connectivity index (χ1n) is 7.39. The van der Waals surface area contributed by atoms with Crippen LogP contribution in [0.5, 0.6) is 0 Å². The van der Waals surface area contributed by atoms with Gasteiger partial charge in [0.05, 0.1) is 23.1 Å². The van der Waals surface area contributed by atoms with E-state index in [1.54, 1.807) is 23.0 Å². The predicted molar refractivity (Wildman–Crippen MR) is 87.8 cm³/mol. The molecule has 116 valence electrons. The highest BCUT2D eigenvalue weighted by Crippen LogP contribution is 2.20. The maximum absolute atomic E-state index is 10.9. The van der Waals surface area contributed by atoms with Crippen LogP contribution in [0.3, 0.4) is 0 Å². The van der Waals surface area contributed by atoms with Gasteiger partial charge in [-0.15, -0.1) is 0 Å². The zero-order valence-electron chi connectivity index (χ0n) is 13.0. The third kappa shape index (κ3) is 3.13. The van der Waals surface area contributed by atoms with Crippen LogP contribution in [0.2, 0.25) is 0 Å². The van der Waals surface area contributed by atoms with Crippen molar-refractivity contribution in [2.24, 2.45) is 0 Å². The van der Waals surface area contributed by atoms with Gasteiger partial charge in [0.15, 0.2) is 0 Å². The first-order chi connectivity index (χ1) is 11.0. The lowest BCUT2D eigenvalue weighted by Crippen LogP contribution is -1.97. The Morgan fingerprint density at radius 3 is 2.39 bits per heavy atom. The summed E-state index contributed by atoms with van der Waals surface area (Å²) in [5.74, 6) is -0.487. The molecule has 23 heavy (non-hydrogen) atoms. The van der Waals surface area contributed by atoms with E-state index >= 15 is 0 Å². The molecule has 3 rings (SSSR count). The van der Waals surface area contributed by atoms with E-state index in [4.69, 9.17) is 5.11 Å². The van der Waals surface area contributed by atoms with E-state index in [0.717, 1.165) is 11.3 Å². The SMILES string of the molecule is CC(C)c1ccc(-n2cc(-c3ccc(C(=O)O)cn3)cn2)cc1. The Bertz CT molecular complexity index is 818. The molecule has 0 spiro atoms. The minimum absolute atomic E-state index is 0.172. The third-order valence-electron chi connectivity index (χ3n) is 3.71. The van der Waals surface area contributed by atoms with Crippen LogP contribution in [-0.2, 0) is 0 Å². The van der Waals surface area contributed by atoms with Crippen molar-refractivity contribution in [1.29, 1.82) is 0 Å². The van der Waals surface area contributed by atoms with Gasteiger partial charge in [0, 0.05) is 18.0 Å². The van der Waals surface area contributed by atoms with Crippen molar-refractivity contribution in [3.05, 3.63) is 66.1 Å². The number of pyridine rings is 1. The lowest BCUT2D eigenvalue weighted by molar-refractivity contribution is 0.0696. The topological polar surface area (TPSA) is 68.0 Å². The van der Waals surface area contributed by atoms with Gasteiger partial charge in [0.2, 0.25) is 0 Å². The zero-order chi connectivity index (χ0) is 16.4. The second kappa shape index (κ2) is 6.04.